The Morgan fingerprint density at radius 3 is 2.34 bits per heavy atom. The van der Waals surface area contributed by atoms with Gasteiger partial charge in [0.2, 0.25) is 21.8 Å². The van der Waals surface area contributed by atoms with Crippen molar-refractivity contribution in [2.24, 2.45) is 0 Å². The third kappa shape index (κ3) is 5.40. The van der Waals surface area contributed by atoms with Crippen molar-refractivity contribution < 1.29 is 17.7 Å². The van der Waals surface area contributed by atoms with Gasteiger partial charge >= 0.3 is 0 Å². The van der Waals surface area contributed by atoms with Crippen LogP contribution >= 0.6 is 0 Å². The van der Waals surface area contributed by atoms with Crippen molar-refractivity contribution in [1.29, 1.82) is 0 Å². The predicted molar refractivity (Wildman–Crippen MR) is 122 cm³/mol. The van der Waals surface area contributed by atoms with Crippen molar-refractivity contribution >= 4 is 27.3 Å². The third-order valence-corrected chi connectivity index (χ3v) is 7.41. The minimum Gasteiger partial charge on any atom is -0.372 e. The van der Waals surface area contributed by atoms with Crippen LogP contribution in [-0.2, 0) is 20.4 Å². The van der Waals surface area contributed by atoms with Gasteiger partial charge in [-0.3, -0.25) is 9.52 Å². The van der Waals surface area contributed by atoms with Crippen LogP contribution < -0.4 is 14.9 Å². The molecule has 1 aliphatic heterocycles. The minimum atomic E-state index is -3.87. The van der Waals surface area contributed by atoms with E-state index in [1.807, 2.05) is 12.1 Å². The van der Waals surface area contributed by atoms with E-state index >= 15 is 0 Å². The van der Waals surface area contributed by atoms with E-state index in [2.05, 4.69) is 25.1 Å². The molecular weight excluding hydrogens is 430 g/mol. The number of hydrogen-bond acceptors (Lipinski definition) is 7. The Morgan fingerprint density at radius 2 is 1.72 bits per heavy atom. The monoisotopic (exact) mass is 461 g/mol. The summed E-state index contributed by atoms with van der Waals surface area (Å²) >= 11 is 0. The van der Waals surface area contributed by atoms with E-state index in [0.29, 0.717) is 30.2 Å². The fourth-order valence-electron chi connectivity index (χ4n) is 4.64. The molecule has 2 N–H and O–H groups in total. The van der Waals surface area contributed by atoms with Crippen LogP contribution in [0, 0.1) is 6.92 Å². The molecule has 32 heavy (non-hydrogen) atoms. The average molecular weight is 462 g/mol. The van der Waals surface area contributed by atoms with E-state index in [4.69, 9.17) is 4.52 Å². The molecule has 4 rings (SSSR count). The number of sulfonamides is 1. The van der Waals surface area contributed by atoms with Gasteiger partial charge in [0.1, 0.15) is 11.3 Å². The van der Waals surface area contributed by atoms with Gasteiger partial charge in [0.15, 0.2) is 5.82 Å². The smallest absolute Gasteiger partial charge is 0.241 e. The first-order valence-electron chi connectivity index (χ1n) is 11.3. The number of rotatable bonds is 7. The van der Waals surface area contributed by atoms with Crippen LogP contribution in [0.2, 0.25) is 0 Å². The molecule has 0 unspecified atom stereocenters. The van der Waals surface area contributed by atoms with Crippen molar-refractivity contribution in [2.75, 3.05) is 28.5 Å². The zero-order valence-corrected chi connectivity index (χ0v) is 19.3. The summed E-state index contributed by atoms with van der Waals surface area (Å²) in [7, 11) is -3.87. The van der Waals surface area contributed by atoms with Crippen LogP contribution in [0.3, 0.4) is 0 Å². The molecule has 0 radical (unpaired) electrons. The van der Waals surface area contributed by atoms with Crippen molar-refractivity contribution in [1.82, 2.24) is 15.5 Å². The normalized spacial score (nSPS) is 18.8. The maximum Gasteiger partial charge on any atom is 0.241 e. The van der Waals surface area contributed by atoms with Crippen LogP contribution in [0.25, 0.3) is 0 Å². The lowest BCUT2D eigenvalue weighted by atomic mass is 9.81. The molecule has 2 fully saturated rings. The number of hydrogen-bond donors (Lipinski definition) is 2. The predicted octanol–water partition coefficient (Wildman–Crippen LogP) is 3.09. The molecule has 0 bridgehead atoms. The number of amides is 1. The summed E-state index contributed by atoms with van der Waals surface area (Å²) in [5.41, 5.74) is 0.749. The molecule has 2 heterocycles. The number of aryl methyl sites for hydroxylation is 1. The molecule has 1 amide bonds. The zero-order chi connectivity index (χ0) is 22.6. The Labute approximate surface area is 189 Å². The first-order chi connectivity index (χ1) is 15.4. The van der Waals surface area contributed by atoms with E-state index in [1.54, 1.807) is 19.1 Å². The first-order valence-corrected chi connectivity index (χ1v) is 13.0. The second kappa shape index (κ2) is 9.48. The van der Waals surface area contributed by atoms with Crippen LogP contribution in [-0.4, -0.2) is 43.3 Å². The largest absolute Gasteiger partial charge is 0.372 e. The second-order valence-electron chi connectivity index (χ2n) is 8.78. The molecule has 0 atom stereocenters. The van der Waals surface area contributed by atoms with Gasteiger partial charge in [-0.1, -0.05) is 24.4 Å². The highest BCUT2D eigenvalue weighted by atomic mass is 32.2. The van der Waals surface area contributed by atoms with Crippen LogP contribution in [0.1, 0.15) is 63.1 Å². The van der Waals surface area contributed by atoms with Crippen LogP contribution in [0.15, 0.2) is 28.8 Å². The fraction of sp³-hybridized carbons (Fsp3) is 0.591. The Bertz CT molecular complexity index is 1020. The molecule has 10 heteroatoms. The molecule has 174 valence electrons. The standard InChI is InChI=1S/C22H31N5O4S/c1-17-23-21(25-31-17)22(12-4-2-5-13-22)24-20(28)16-32(29,30)26-18-8-10-19(11-9-18)27-14-6-3-7-15-27/h8-11,26H,2-7,12-16H2,1H3,(H,24,28). The Morgan fingerprint density at radius 1 is 1.06 bits per heavy atom. The number of carbonyl (C=O) groups is 1. The van der Waals surface area contributed by atoms with Crippen molar-refractivity contribution in [3.63, 3.8) is 0 Å². The Kier molecular flexibility index (Phi) is 6.68. The van der Waals surface area contributed by atoms with E-state index in [-0.39, 0.29) is 0 Å². The first kappa shape index (κ1) is 22.6. The van der Waals surface area contributed by atoms with Gasteiger partial charge in [0.25, 0.3) is 0 Å². The van der Waals surface area contributed by atoms with Crippen LogP contribution in [0.5, 0.6) is 0 Å². The summed E-state index contributed by atoms with van der Waals surface area (Å²) in [6.07, 6.45) is 7.78. The number of piperidine rings is 1. The molecule has 1 aliphatic carbocycles. The Hall–Kier alpha value is -2.62. The molecule has 0 spiro atoms. The number of carbonyl (C=O) groups excluding carboxylic acids is 1. The summed E-state index contributed by atoms with van der Waals surface area (Å²) in [5.74, 6) is -0.408. The number of aromatic nitrogens is 2. The van der Waals surface area contributed by atoms with Gasteiger partial charge in [0, 0.05) is 31.4 Å². The maximum atomic E-state index is 12.7. The summed E-state index contributed by atoms with van der Waals surface area (Å²) in [4.78, 5) is 19.4. The highest BCUT2D eigenvalue weighted by Gasteiger charge is 2.40. The maximum absolute atomic E-state index is 12.7. The van der Waals surface area contributed by atoms with Crippen molar-refractivity contribution in [3.8, 4) is 0 Å². The average Bonchev–Trinajstić information content (AvgIpc) is 3.22. The van der Waals surface area contributed by atoms with E-state index in [1.165, 1.54) is 19.3 Å². The van der Waals surface area contributed by atoms with E-state index in [9.17, 15) is 13.2 Å². The molecule has 9 nitrogen and oxygen atoms in total. The quantitative estimate of drug-likeness (QED) is 0.650. The lowest BCUT2D eigenvalue weighted by molar-refractivity contribution is -0.121. The molecular formula is C22H31N5O4S. The molecule has 2 aliphatic rings. The lowest BCUT2D eigenvalue weighted by Gasteiger charge is -2.35. The van der Waals surface area contributed by atoms with Gasteiger partial charge in [0.05, 0.1) is 0 Å². The molecule has 1 saturated carbocycles. The topological polar surface area (TPSA) is 117 Å². The van der Waals surface area contributed by atoms with E-state index in [0.717, 1.165) is 38.0 Å². The number of anilines is 2. The van der Waals surface area contributed by atoms with Crippen molar-refractivity contribution in [2.45, 2.75) is 63.8 Å². The summed E-state index contributed by atoms with van der Waals surface area (Å²) in [6.45, 7) is 3.74. The molecule has 1 saturated heterocycles. The summed E-state index contributed by atoms with van der Waals surface area (Å²) < 4.78 is 32.9. The molecule has 1 aromatic carbocycles. The third-order valence-electron chi connectivity index (χ3n) is 6.22. The van der Waals surface area contributed by atoms with Gasteiger partial charge in [-0.2, -0.15) is 4.98 Å². The SMILES string of the molecule is Cc1nc(C2(NC(=O)CS(=O)(=O)Nc3ccc(N4CCCCC4)cc3)CCCCC2)no1. The van der Waals surface area contributed by atoms with Gasteiger partial charge in [-0.25, -0.2) is 8.42 Å². The van der Waals surface area contributed by atoms with Gasteiger partial charge in [-0.05, 0) is 56.4 Å². The fourth-order valence-corrected chi connectivity index (χ4v) is 5.62. The highest BCUT2D eigenvalue weighted by molar-refractivity contribution is 7.93. The van der Waals surface area contributed by atoms with Crippen molar-refractivity contribution in [3.05, 3.63) is 36.0 Å². The Balaban J connectivity index is 1.39. The number of benzene rings is 1. The highest BCUT2D eigenvalue weighted by Crippen LogP contribution is 2.35. The zero-order valence-electron chi connectivity index (χ0n) is 18.5. The lowest BCUT2D eigenvalue weighted by Crippen LogP contribution is -2.50. The van der Waals surface area contributed by atoms with Crippen LogP contribution in [0.4, 0.5) is 11.4 Å². The molecule has 1 aromatic heterocycles. The van der Waals surface area contributed by atoms with E-state index < -0.39 is 27.2 Å². The second-order valence-corrected chi connectivity index (χ2v) is 10.5. The van der Waals surface area contributed by atoms with Gasteiger partial charge in [-0.15, -0.1) is 0 Å². The summed E-state index contributed by atoms with van der Waals surface area (Å²) in [6, 6.07) is 7.31. The number of nitrogens with zero attached hydrogens (tertiary/aromatic N) is 3. The van der Waals surface area contributed by atoms with Gasteiger partial charge < -0.3 is 14.7 Å². The minimum absolute atomic E-state index is 0.418. The number of nitrogens with one attached hydrogen (secondary N) is 2. The summed E-state index contributed by atoms with van der Waals surface area (Å²) in [5, 5.41) is 6.91. The molecule has 2 aromatic rings.